The Labute approximate surface area is 249 Å². The van der Waals surface area contributed by atoms with Crippen molar-refractivity contribution in [3.63, 3.8) is 0 Å². The van der Waals surface area contributed by atoms with Crippen molar-refractivity contribution >= 4 is 17.5 Å². The van der Waals surface area contributed by atoms with E-state index in [9.17, 15) is 22.4 Å². The molecule has 4 aromatic rings. The summed E-state index contributed by atoms with van der Waals surface area (Å²) in [5.41, 5.74) is 2.93. The van der Waals surface area contributed by atoms with Crippen LogP contribution < -0.4 is 15.0 Å². The van der Waals surface area contributed by atoms with E-state index in [1.165, 1.54) is 6.07 Å². The average molecular weight is 609 g/mol. The van der Waals surface area contributed by atoms with Crippen LogP contribution in [0.15, 0.2) is 42.9 Å². The highest BCUT2D eigenvalue weighted by Gasteiger charge is 2.57. The Bertz CT molecular complexity index is 1790. The van der Waals surface area contributed by atoms with Gasteiger partial charge in [0, 0.05) is 73.4 Å². The Balaban J connectivity index is 1.12. The number of hydrogen-bond donors (Lipinski definition) is 1. The summed E-state index contributed by atoms with van der Waals surface area (Å²) in [6, 6.07) is 6.06. The van der Waals surface area contributed by atoms with Crippen molar-refractivity contribution in [3.8, 4) is 17.0 Å². The van der Waals surface area contributed by atoms with Crippen LogP contribution in [0.25, 0.3) is 16.9 Å². The fraction of sp³-hybridized carbons (Fsp3) is 0.433. The molecule has 10 nitrogen and oxygen atoms in total. The molecule has 2 bridgehead atoms. The number of benzene rings is 1. The van der Waals surface area contributed by atoms with Gasteiger partial charge >= 0.3 is 6.61 Å². The second-order valence-electron chi connectivity index (χ2n) is 12.0. The summed E-state index contributed by atoms with van der Waals surface area (Å²) in [6.45, 7) is -2.11. The SMILES string of the molecule is CN1C(=O)c2cccc(OC(F)F)c2C2CC1c1nn3ccc(-c4cnc(N5CCC6(CC5)CNCC6(F)F)nc4)nc3c12. The largest absolute Gasteiger partial charge is 0.434 e. The van der Waals surface area contributed by atoms with E-state index in [2.05, 4.69) is 15.3 Å². The number of hydrogen-bond acceptors (Lipinski definition) is 8. The van der Waals surface area contributed by atoms with Crippen molar-refractivity contribution in [1.82, 2.24) is 34.8 Å². The second kappa shape index (κ2) is 9.58. The molecule has 14 heteroatoms. The van der Waals surface area contributed by atoms with E-state index in [0.717, 1.165) is 5.56 Å². The van der Waals surface area contributed by atoms with Gasteiger partial charge in [0.2, 0.25) is 5.95 Å². The molecule has 2 unspecified atom stereocenters. The Hall–Kier alpha value is -4.33. The van der Waals surface area contributed by atoms with Crippen LogP contribution >= 0.6 is 0 Å². The molecule has 1 N–H and O–H groups in total. The lowest BCUT2D eigenvalue weighted by Crippen LogP contribution is -2.49. The van der Waals surface area contributed by atoms with Crippen molar-refractivity contribution < 1.29 is 27.1 Å². The zero-order valence-electron chi connectivity index (χ0n) is 23.7. The van der Waals surface area contributed by atoms with Gasteiger partial charge in [-0.05, 0) is 37.5 Å². The van der Waals surface area contributed by atoms with E-state index in [1.54, 1.807) is 53.3 Å². The highest BCUT2D eigenvalue weighted by atomic mass is 19.3. The number of piperidine rings is 1. The number of fused-ring (bicyclic) bond motifs is 9. The summed E-state index contributed by atoms with van der Waals surface area (Å²) in [5, 5.41) is 7.60. The predicted molar refractivity (Wildman–Crippen MR) is 150 cm³/mol. The third kappa shape index (κ3) is 3.92. The topological polar surface area (TPSA) is 101 Å². The van der Waals surface area contributed by atoms with Gasteiger partial charge in [0.15, 0.2) is 5.65 Å². The maximum absolute atomic E-state index is 14.5. The Kier molecular flexibility index (Phi) is 5.93. The van der Waals surface area contributed by atoms with Crippen LogP contribution in [0.5, 0.6) is 5.75 Å². The first-order chi connectivity index (χ1) is 21.2. The third-order valence-electron chi connectivity index (χ3n) is 9.84. The number of nitrogens with zero attached hydrogens (tertiary/aromatic N) is 7. The zero-order valence-corrected chi connectivity index (χ0v) is 23.7. The number of alkyl halides is 4. The number of aromatic nitrogens is 5. The van der Waals surface area contributed by atoms with Crippen molar-refractivity contribution in [2.75, 3.05) is 38.1 Å². The minimum absolute atomic E-state index is 0.0335. The van der Waals surface area contributed by atoms with Crippen LogP contribution in [0.4, 0.5) is 23.5 Å². The van der Waals surface area contributed by atoms with Gasteiger partial charge in [-0.1, -0.05) is 6.07 Å². The molecular weight excluding hydrogens is 580 g/mol. The summed E-state index contributed by atoms with van der Waals surface area (Å²) in [5.74, 6) is -2.99. The summed E-state index contributed by atoms with van der Waals surface area (Å²) in [6.07, 6.45) is 6.27. The zero-order chi connectivity index (χ0) is 30.4. The molecule has 1 aliphatic carbocycles. The monoisotopic (exact) mass is 608 g/mol. The maximum atomic E-state index is 14.5. The molecule has 3 aromatic heterocycles. The number of carbonyl (C=O) groups excluding carboxylic acids is 1. The van der Waals surface area contributed by atoms with Crippen LogP contribution in [0.2, 0.25) is 0 Å². The quantitative estimate of drug-likeness (QED) is 0.343. The van der Waals surface area contributed by atoms with E-state index in [-0.39, 0.29) is 24.2 Å². The first-order valence-electron chi connectivity index (χ1n) is 14.6. The minimum atomic E-state index is -3.04. The third-order valence-corrected chi connectivity index (χ3v) is 9.84. The lowest BCUT2D eigenvalue weighted by molar-refractivity contribution is -0.0941. The van der Waals surface area contributed by atoms with Crippen LogP contribution in [-0.2, 0) is 0 Å². The van der Waals surface area contributed by atoms with Crippen molar-refractivity contribution in [1.29, 1.82) is 0 Å². The molecule has 8 rings (SSSR count). The number of nitrogens with one attached hydrogen (secondary N) is 1. The average Bonchev–Trinajstić information content (AvgIpc) is 3.63. The molecular formula is C30H28F4N8O2. The van der Waals surface area contributed by atoms with Crippen molar-refractivity contribution in [3.05, 3.63) is 65.2 Å². The van der Waals surface area contributed by atoms with Gasteiger partial charge in [-0.15, -0.1) is 0 Å². The van der Waals surface area contributed by atoms with Crippen LogP contribution in [-0.4, -0.2) is 81.1 Å². The maximum Gasteiger partial charge on any atom is 0.387 e. The smallest absolute Gasteiger partial charge is 0.387 e. The van der Waals surface area contributed by atoms with Gasteiger partial charge < -0.3 is 19.9 Å². The molecule has 0 saturated carbocycles. The van der Waals surface area contributed by atoms with Gasteiger partial charge in [0.05, 0.1) is 29.4 Å². The molecule has 3 aliphatic heterocycles. The lowest BCUT2D eigenvalue weighted by Gasteiger charge is -2.41. The first-order valence-corrected chi connectivity index (χ1v) is 14.6. The molecule has 1 spiro atoms. The molecule has 4 aliphatic rings. The molecule has 1 amide bonds. The van der Waals surface area contributed by atoms with Crippen LogP contribution in [0, 0.1) is 5.41 Å². The first kappa shape index (κ1) is 27.2. The van der Waals surface area contributed by atoms with Gasteiger partial charge in [-0.25, -0.2) is 28.2 Å². The fourth-order valence-corrected chi connectivity index (χ4v) is 7.45. The molecule has 6 heterocycles. The number of rotatable bonds is 4. The molecule has 2 saturated heterocycles. The Morgan fingerprint density at radius 1 is 1.07 bits per heavy atom. The number of amides is 1. The molecule has 2 atom stereocenters. The highest BCUT2D eigenvalue weighted by Crippen LogP contribution is 2.53. The van der Waals surface area contributed by atoms with Crippen LogP contribution in [0.3, 0.4) is 0 Å². The molecule has 44 heavy (non-hydrogen) atoms. The minimum Gasteiger partial charge on any atom is -0.434 e. The van der Waals surface area contributed by atoms with Gasteiger partial charge in [0.1, 0.15) is 5.75 Å². The number of ether oxygens (including phenoxy) is 1. The highest BCUT2D eigenvalue weighted by molar-refractivity contribution is 5.98. The van der Waals surface area contributed by atoms with E-state index < -0.39 is 23.9 Å². The van der Waals surface area contributed by atoms with E-state index in [0.29, 0.717) is 78.6 Å². The number of carbonyl (C=O) groups is 1. The molecule has 228 valence electrons. The fourth-order valence-electron chi connectivity index (χ4n) is 7.45. The molecule has 1 aromatic carbocycles. The van der Waals surface area contributed by atoms with Gasteiger partial charge in [-0.2, -0.15) is 13.9 Å². The summed E-state index contributed by atoms with van der Waals surface area (Å²) in [4.78, 5) is 30.9. The Morgan fingerprint density at radius 3 is 2.55 bits per heavy atom. The van der Waals surface area contributed by atoms with E-state index >= 15 is 0 Å². The van der Waals surface area contributed by atoms with E-state index in [1.807, 2.05) is 4.90 Å². The predicted octanol–water partition coefficient (Wildman–Crippen LogP) is 4.28. The molecule has 2 fully saturated rings. The van der Waals surface area contributed by atoms with Gasteiger partial charge in [0.25, 0.3) is 11.8 Å². The standard InChI is InChI=1S/C30H28F4N8O2/c1-40-20-11-18(22-17(26(40)43)3-2-4-21(22)44-27(31)32)23-24(20)39-42-8-5-19(38-25(23)42)16-12-36-28(37-13-16)41-9-6-29(7-10-41)14-35-15-30(29,33)34/h2-5,8,12-13,18,20,27,35H,6-7,9-11,14-15H2,1H3. The van der Waals surface area contributed by atoms with E-state index in [4.69, 9.17) is 14.8 Å². The Morgan fingerprint density at radius 2 is 1.84 bits per heavy atom. The summed E-state index contributed by atoms with van der Waals surface area (Å²) >= 11 is 0. The summed E-state index contributed by atoms with van der Waals surface area (Å²) < 4.78 is 62.3. The van der Waals surface area contributed by atoms with Gasteiger partial charge in [-0.3, -0.25) is 4.79 Å². The number of halogens is 4. The number of anilines is 1. The normalized spacial score (nSPS) is 23.4. The van der Waals surface area contributed by atoms with Crippen molar-refractivity contribution in [2.45, 2.75) is 43.8 Å². The van der Waals surface area contributed by atoms with Crippen LogP contribution in [0.1, 0.15) is 58.4 Å². The summed E-state index contributed by atoms with van der Waals surface area (Å²) in [7, 11) is 1.69. The molecule has 0 radical (unpaired) electrons. The lowest BCUT2D eigenvalue weighted by atomic mass is 9.75. The second-order valence-corrected chi connectivity index (χ2v) is 12.0. The van der Waals surface area contributed by atoms with Crippen molar-refractivity contribution in [2.24, 2.45) is 5.41 Å².